The van der Waals surface area contributed by atoms with E-state index in [1.807, 2.05) is 0 Å². The molecule has 9 heteroatoms. The highest BCUT2D eigenvalue weighted by molar-refractivity contribution is 9.10. The fourth-order valence-corrected chi connectivity index (χ4v) is 2.51. The minimum absolute atomic E-state index is 0.161. The SMILES string of the molecule is CC(C)[C@H](NC(=O)c1ccccc1F)C(=O)NNC(=O)c1cc(Br)c[nH]1. The molecular weight excluding hydrogens is 407 g/mol. The number of carbonyl (C=O) groups is 3. The summed E-state index contributed by atoms with van der Waals surface area (Å²) in [6, 6.07) is 6.06. The molecule has 1 atom stereocenters. The molecule has 3 amide bonds. The molecule has 1 aromatic heterocycles. The van der Waals surface area contributed by atoms with Gasteiger partial charge in [0.2, 0.25) is 0 Å². The zero-order valence-corrected chi connectivity index (χ0v) is 15.7. The molecule has 2 rings (SSSR count). The van der Waals surface area contributed by atoms with Crippen molar-refractivity contribution < 1.29 is 18.8 Å². The smallest absolute Gasteiger partial charge is 0.286 e. The van der Waals surface area contributed by atoms with Crippen LogP contribution in [0.15, 0.2) is 41.0 Å². The normalized spacial score (nSPS) is 11.7. The molecule has 4 N–H and O–H groups in total. The van der Waals surface area contributed by atoms with E-state index < -0.39 is 29.6 Å². The Morgan fingerprint density at radius 2 is 1.81 bits per heavy atom. The summed E-state index contributed by atoms with van der Waals surface area (Å²) in [6.07, 6.45) is 1.57. The summed E-state index contributed by atoms with van der Waals surface area (Å²) in [4.78, 5) is 39.2. The van der Waals surface area contributed by atoms with Gasteiger partial charge in [0, 0.05) is 10.7 Å². The number of carbonyl (C=O) groups excluding carboxylic acids is 3. The van der Waals surface area contributed by atoms with Crippen LogP contribution in [-0.4, -0.2) is 28.7 Å². The van der Waals surface area contributed by atoms with Gasteiger partial charge in [-0.15, -0.1) is 0 Å². The predicted octanol–water partition coefficient (Wildman–Crippen LogP) is 2.13. The summed E-state index contributed by atoms with van der Waals surface area (Å²) in [6.45, 7) is 3.44. The lowest BCUT2D eigenvalue weighted by molar-refractivity contribution is -0.124. The molecule has 0 unspecified atom stereocenters. The fourth-order valence-electron chi connectivity index (χ4n) is 2.16. The van der Waals surface area contributed by atoms with E-state index in [2.05, 4.69) is 37.1 Å². The Kier molecular flexibility index (Phi) is 6.51. The number of H-pyrrole nitrogens is 1. The molecule has 0 fully saturated rings. The Labute approximate surface area is 157 Å². The number of hydrazine groups is 1. The van der Waals surface area contributed by atoms with E-state index >= 15 is 0 Å². The van der Waals surface area contributed by atoms with Crippen LogP contribution in [0.2, 0.25) is 0 Å². The highest BCUT2D eigenvalue weighted by Gasteiger charge is 2.26. The van der Waals surface area contributed by atoms with E-state index in [9.17, 15) is 18.8 Å². The predicted molar refractivity (Wildman–Crippen MR) is 96.6 cm³/mol. The average molecular weight is 425 g/mol. The van der Waals surface area contributed by atoms with E-state index in [4.69, 9.17) is 0 Å². The lowest BCUT2D eigenvalue weighted by atomic mass is 10.0. The van der Waals surface area contributed by atoms with Crippen molar-refractivity contribution in [2.24, 2.45) is 5.92 Å². The summed E-state index contributed by atoms with van der Waals surface area (Å²) in [5.41, 5.74) is 4.60. The van der Waals surface area contributed by atoms with Crippen LogP contribution >= 0.6 is 15.9 Å². The maximum Gasteiger partial charge on any atom is 0.286 e. The van der Waals surface area contributed by atoms with Crippen LogP contribution in [0, 0.1) is 11.7 Å². The second-order valence-corrected chi connectivity index (χ2v) is 6.77. The number of halogens is 2. The van der Waals surface area contributed by atoms with Gasteiger partial charge < -0.3 is 10.3 Å². The largest absolute Gasteiger partial charge is 0.356 e. The van der Waals surface area contributed by atoms with Gasteiger partial charge in [-0.3, -0.25) is 25.2 Å². The molecule has 0 radical (unpaired) electrons. The van der Waals surface area contributed by atoms with E-state index in [0.29, 0.717) is 4.47 Å². The number of hydrogen-bond donors (Lipinski definition) is 4. The molecule has 138 valence electrons. The maximum absolute atomic E-state index is 13.7. The quantitative estimate of drug-likeness (QED) is 0.552. The van der Waals surface area contributed by atoms with Crippen LogP contribution in [0.1, 0.15) is 34.7 Å². The molecule has 2 aromatic rings. The summed E-state index contributed by atoms with van der Waals surface area (Å²) in [5.74, 6) is -2.85. The topological polar surface area (TPSA) is 103 Å². The zero-order chi connectivity index (χ0) is 19.3. The first-order valence-electron chi connectivity index (χ1n) is 7.79. The molecule has 0 saturated carbocycles. The van der Waals surface area contributed by atoms with Crippen molar-refractivity contribution in [3.05, 3.63) is 58.1 Å². The molecule has 1 aromatic carbocycles. The third kappa shape index (κ3) is 4.92. The van der Waals surface area contributed by atoms with Crippen LogP contribution in [0.25, 0.3) is 0 Å². The maximum atomic E-state index is 13.7. The fraction of sp³-hybridized carbons (Fsp3) is 0.235. The Hall–Kier alpha value is -2.68. The summed E-state index contributed by atoms with van der Waals surface area (Å²) in [5, 5.41) is 2.48. The molecule has 0 saturated heterocycles. The lowest BCUT2D eigenvalue weighted by Gasteiger charge is -2.22. The molecule has 1 heterocycles. The number of nitrogens with one attached hydrogen (secondary N) is 4. The van der Waals surface area contributed by atoms with Gasteiger partial charge in [-0.1, -0.05) is 26.0 Å². The second kappa shape index (κ2) is 8.61. The average Bonchev–Trinajstić information content (AvgIpc) is 3.03. The van der Waals surface area contributed by atoms with Crippen molar-refractivity contribution in [3.8, 4) is 0 Å². The summed E-state index contributed by atoms with van der Waals surface area (Å²) >= 11 is 3.20. The first-order chi connectivity index (χ1) is 12.3. The lowest BCUT2D eigenvalue weighted by Crippen LogP contribution is -2.54. The number of aromatic amines is 1. The Bertz CT molecular complexity index is 822. The molecular formula is C17H18BrFN4O3. The molecule has 0 aliphatic heterocycles. The van der Waals surface area contributed by atoms with Gasteiger partial charge in [0.1, 0.15) is 17.6 Å². The van der Waals surface area contributed by atoms with Gasteiger partial charge >= 0.3 is 0 Å². The third-order valence-electron chi connectivity index (χ3n) is 3.55. The standard InChI is InChI=1S/C17H18BrFN4O3/c1-9(2)14(21-15(24)11-5-3-4-6-12(11)19)17(26)23-22-16(25)13-7-10(18)8-20-13/h3-9,14,20H,1-2H3,(H,21,24)(H,22,25)(H,23,26)/t14-/m0/s1. The third-order valence-corrected chi connectivity index (χ3v) is 4.00. The molecule has 0 aliphatic carbocycles. The minimum Gasteiger partial charge on any atom is -0.356 e. The molecule has 0 aliphatic rings. The van der Waals surface area contributed by atoms with Gasteiger partial charge in [-0.25, -0.2) is 4.39 Å². The number of rotatable bonds is 5. The monoisotopic (exact) mass is 424 g/mol. The van der Waals surface area contributed by atoms with Crippen molar-refractivity contribution in [1.82, 2.24) is 21.2 Å². The molecule has 0 spiro atoms. The second-order valence-electron chi connectivity index (χ2n) is 5.85. The van der Waals surface area contributed by atoms with Gasteiger partial charge in [-0.05, 0) is 40.0 Å². The number of amides is 3. The van der Waals surface area contributed by atoms with E-state index in [-0.39, 0.29) is 17.2 Å². The van der Waals surface area contributed by atoms with Gasteiger partial charge in [0.25, 0.3) is 17.7 Å². The van der Waals surface area contributed by atoms with E-state index in [0.717, 1.165) is 6.07 Å². The zero-order valence-electron chi connectivity index (χ0n) is 14.1. The molecule has 0 bridgehead atoms. The van der Waals surface area contributed by atoms with E-state index in [1.54, 1.807) is 26.1 Å². The molecule has 26 heavy (non-hydrogen) atoms. The van der Waals surface area contributed by atoms with Crippen molar-refractivity contribution in [2.75, 3.05) is 0 Å². The van der Waals surface area contributed by atoms with Crippen LogP contribution in [0.3, 0.4) is 0 Å². The summed E-state index contributed by atoms with van der Waals surface area (Å²) < 4.78 is 14.4. The Balaban J connectivity index is 2.00. The molecule has 7 nitrogen and oxygen atoms in total. The van der Waals surface area contributed by atoms with Crippen LogP contribution < -0.4 is 16.2 Å². The van der Waals surface area contributed by atoms with Crippen LogP contribution in [0.5, 0.6) is 0 Å². The van der Waals surface area contributed by atoms with Crippen molar-refractivity contribution in [1.29, 1.82) is 0 Å². The highest BCUT2D eigenvalue weighted by Crippen LogP contribution is 2.10. The van der Waals surface area contributed by atoms with Gasteiger partial charge in [0.15, 0.2) is 0 Å². The first-order valence-corrected chi connectivity index (χ1v) is 8.58. The van der Waals surface area contributed by atoms with Crippen LogP contribution in [0.4, 0.5) is 4.39 Å². The number of benzene rings is 1. The highest BCUT2D eigenvalue weighted by atomic mass is 79.9. The minimum atomic E-state index is -0.960. The van der Waals surface area contributed by atoms with E-state index in [1.165, 1.54) is 18.2 Å². The Morgan fingerprint density at radius 3 is 2.38 bits per heavy atom. The van der Waals surface area contributed by atoms with Crippen molar-refractivity contribution in [3.63, 3.8) is 0 Å². The Morgan fingerprint density at radius 1 is 1.12 bits per heavy atom. The first kappa shape index (κ1) is 19.6. The number of aromatic nitrogens is 1. The van der Waals surface area contributed by atoms with Gasteiger partial charge in [-0.2, -0.15) is 0 Å². The van der Waals surface area contributed by atoms with Crippen molar-refractivity contribution in [2.45, 2.75) is 19.9 Å². The summed E-state index contributed by atoms with van der Waals surface area (Å²) in [7, 11) is 0. The number of hydrogen-bond acceptors (Lipinski definition) is 3. The van der Waals surface area contributed by atoms with Crippen molar-refractivity contribution >= 4 is 33.7 Å². The van der Waals surface area contributed by atoms with Crippen LogP contribution in [-0.2, 0) is 4.79 Å². The van der Waals surface area contributed by atoms with Gasteiger partial charge in [0.05, 0.1) is 5.56 Å².